The van der Waals surface area contributed by atoms with Crippen molar-refractivity contribution in [1.82, 2.24) is 0 Å². The maximum absolute atomic E-state index is 12.0. The van der Waals surface area contributed by atoms with Crippen LogP contribution in [0, 0.1) is 0 Å². The van der Waals surface area contributed by atoms with E-state index in [0.29, 0.717) is 0 Å². The van der Waals surface area contributed by atoms with E-state index in [-0.39, 0.29) is 39.6 Å². The normalized spacial score (nSPS) is 29.3. The molecule has 0 bridgehead atoms. The molecule has 0 aromatic heterocycles. The van der Waals surface area contributed by atoms with Gasteiger partial charge in [0, 0.05) is 0 Å². The Morgan fingerprint density at radius 3 is 1.00 bits per heavy atom. The predicted molar refractivity (Wildman–Crippen MR) is 68.7 cm³/mol. The third kappa shape index (κ3) is 4.43. The lowest BCUT2D eigenvalue weighted by Gasteiger charge is -2.21. The zero-order valence-electron chi connectivity index (χ0n) is 10.9. The molecule has 0 aliphatic carbocycles. The predicted octanol–water partition coefficient (Wildman–Crippen LogP) is 2.73. The lowest BCUT2D eigenvalue weighted by atomic mass is 10.8. The van der Waals surface area contributed by atoms with E-state index in [0.717, 1.165) is 0 Å². The molecule has 16 heteroatoms. The summed E-state index contributed by atoms with van der Waals surface area (Å²) in [5, 5.41) is 0. The second kappa shape index (κ2) is 6.94. The minimum absolute atomic E-state index is 0.0236. The minimum Gasteiger partial charge on any atom is -0.284 e. The van der Waals surface area contributed by atoms with Crippen LogP contribution in [0.1, 0.15) is 0 Å². The van der Waals surface area contributed by atoms with Crippen LogP contribution in [0.3, 0.4) is 0 Å². The maximum Gasteiger partial charge on any atom is 0.481 e. The fourth-order valence-electron chi connectivity index (χ4n) is 1.44. The van der Waals surface area contributed by atoms with Crippen LogP contribution in [0.25, 0.3) is 0 Å². The van der Waals surface area contributed by atoms with E-state index in [4.69, 9.17) is 40.1 Å². The summed E-state index contributed by atoms with van der Waals surface area (Å²) < 4.78 is 79.6. The molecule has 128 valence electrons. The van der Waals surface area contributed by atoms with Gasteiger partial charge in [-0.1, -0.05) is 0 Å². The number of hydrogen-bond donors (Lipinski definition) is 0. The first-order valence-corrected chi connectivity index (χ1v) is 11.4. The number of phosphoric ester groups is 3. The third-order valence-corrected chi connectivity index (χ3v) is 9.24. The molecule has 0 saturated carbocycles. The van der Waals surface area contributed by atoms with Gasteiger partial charge in [0.05, 0.1) is 39.6 Å². The molecule has 0 radical (unpaired) electrons. The average Bonchev–Trinajstić information content (AvgIpc) is 3.13. The summed E-state index contributed by atoms with van der Waals surface area (Å²) in [6.07, 6.45) is 0. The van der Waals surface area contributed by atoms with Crippen molar-refractivity contribution in [1.29, 1.82) is 0 Å². The van der Waals surface area contributed by atoms with Gasteiger partial charge in [-0.05, 0) is 0 Å². The summed E-state index contributed by atoms with van der Waals surface area (Å²) >= 11 is 0. The van der Waals surface area contributed by atoms with Crippen LogP contribution in [0.4, 0.5) is 0 Å². The first kappa shape index (κ1) is 17.6. The SMILES string of the molecule is O=P1(OP(OP2(=O)OCCO2)OP2(=O)OCCO2)OCCO1. The summed E-state index contributed by atoms with van der Waals surface area (Å²) in [4.78, 5) is 0. The fraction of sp³-hybridized carbons (Fsp3) is 1.00. The number of hydrogen-bond acceptors (Lipinski definition) is 12. The van der Waals surface area contributed by atoms with Crippen LogP contribution in [0.2, 0.25) is 0 Å². The van der Waals surface area contributed by atoms with Crippen LogP contribution in [-0.4, -0.2) is 39.6 Å². The van der Waals surface area contributed by atoms with Gasteiger partial charge < -0.3 is 0 Å². The number of rotatable bonds is 6. The van der Waals surface area contributed by atoms with Gasteiger partial charge in [0.15, 0.2) is 0 Å². The largest absolute Gasteiger partial charge is 0.481 e. The van der Waals surface area contributed by atoms with Crippen LogP contribution < -0.4 is 0 Å². The molecule has 0 atom stereocenters. The lowest BCUT2D eigenvalue weighted by molar-refractivity contribution is 0.212. The van der Waals surface area contributed by atoms with Crippen LogP contribution in [0.15, 0.2) is 0 Å². The Bertz CT molecular complexity index is 444. The summed E-state index contributed by atoms with van der Waals surface area (Å²) in [5.74, 6) is 0. The average molecular weight is 400 g/mol. The zero-order valence-corrected chi connectivity index (χ0v) is 14.5. The van der Waals surface area contributed by atoms with Crippen molar-refractivity contribution in [3.05, 3.63) is 0 Å². The highest BCUT2D eigenvalue weighted by atomic mass is 31.3. The highest BCUT2D eigenvalue weighted by Crippen LogP contribution is 2.75. The Labute approximate surface area is 126 Å². The molecule has 3 saturated heterocycles. The number of phosphoric acid groups is 3. The molecule has 0 unspecified atom stereocenters. The molecule has 0 aromatic carbocycles. The van der Waals surface area contributed by atoms with Crippen molar-refractivity contribution in [2.45, 2.75) is 0 Å². The summed E-state index contributed by atoms with van der Waals surface area (Å²) in [6.45, 7) is 0.142. The van der Waals surface area contributed by atoms with E-state index < -0.39 is 32.1 Å². The first-order chi connectivity index (χ1) is 10.4. The van der Waals surface area contributed by atoms with Crippen molar-refractivity contribution < 1.29 is 53.8 Å². The second-order valence-electron chi connectivity index (χ2n) is 3.81. The highest BCUT2D eigenvalue weighted by Gasteiger charge is 2.48. The standard InChI is InChI=1S/C6H12O12P4/c7-20(10-1-2-11-20)16-19(17-21(8)12-3-4-13-21)18-22(9)14-5-6-15-22/h1-6H2. The molecule has 22 heavy (non-hydrogen) atoms. The van der Waals surface area contributed by atoms with Crippen molar-refractivity contribution in [2.75, 3.05) is 39.6 Å². The molecule has 0 N–H and O–H groups in total. The molecule has 3 rings (SSSR count). The smallest absolute Gasteiger partial charge is 0.284 e. The van der Waals surface area contributed by atoms with Gasteiger partial charge >= 0.3 is 32.1 Å². The summed E-state index contributed by atoms with van der Waals surface area (Å²) in [7, 11) is -14.7. The van der Waals surface area contributed by atoms with Gasteiger partial charge in [0.1, 0.15) is 0 Å². The highest BCUT2D eigenvalue weighted by molar-refractivity contribution is 7.69. The van der Waals surface area contributed by atoms with Crippen LogP contribution in [0.5, 0.6) is 0 Å². The van der Waals surface area contributed by atoms with Gasteiger partial charge in [0.25, 0.3) is 0 Å². The Morgan fingerprint density at radius 1 is 0.545 bits per heavy atom. The van der Waals surface area contributed by atoms with E-state index >= 15 is 0 Å². The van der Waals surface area contributed by atoms with Crippen LogP contribution in [-0.2, 0) is 53.8 Å². The van der Waals surface area contributed by atoms with E-state index in [2.05, 4.69) is 0 Å². The van der Waals surface area contributed by atoms with E-state index in [9.17, 15) is 13.7 Å². The Balaban J connectivity index is 1.70. The topological polar surface area (TPSA) is 134 Å². The van der Waals surface area contributed by atoms with Crippen molar-refractivity contribution in [3.63, 3.8) is 0 Å². The molecule has 3 heterocycles. The summed E-state index contributed by atoms with van der Waals surface area (Å²) in [5.41, 5.74) is 0. The molecule has 3 aliphatic rings. The van der Waals surface area contributed by atoms with E-state index in [1.165, 1.54) is 0 Å². The van der Waals surface area contributed by atoms with Crippen LogP contribution >= 0.6 is 32.1 Å². The van der Waals surface area contributed by atoms with Gasteiger partial charge in [-0.25, -0.2) is 26.6 Å². The summed E-state index contributed by atoms with van der Waals surface area (Å²) in [6, 6.07) is 0. The van der Waals surface area contributed by atoms with Gasteiger partial charge in [0.2, 0.25) is 0 Å². The third-order valence-electron chi connectivity index (χ3n) is 2.25. The fourth-order valence-corrected chi connectivity index (χ4v) is 7.70. The van der Waals surface area contributed by atoms with E-state index in [1.807, 2.05) is 0 Å². The molecule has 3 fully saturated rings. The lowest BCUT2D eigenvalue weighted by Crippen LogP contribution is -1.95. The minimum atomic E-state index is -3.99. The monoisotopic (exact) mass is 400 g/mol. The zero-order chi connectivity index (χ0) is 15.7. The Morgan fingerprint density at radius 2 is 0.773 bits per heavy atom. The molecule has 3 aliphatic heterocycles. The molecule has 12 nitrogen and oxygen atoms in total. The Kier molecular flexibility index (Phi) is 5.55. The Hall–Kier alpha value is 0.760. The molecular weight excluding hydrogens is 388 g/mol. The van der Waals surface area contributed by atoms with Gasteiger partial charge in [-0.3, -0.25) is 27.1 Å². The molecular formula is C6H12O12P4. The first-order valence-electron chi connectivity index (χ1n) is 5.97. The molecule has 0 spiro atoms. The molecule has 0 amide bonds. The van der Waals surface area contributed by atoms with Crippen molar-refractivity contribution >= 4 is 32.1 Å². The van der Waals surface area contributed by atoms with Crippen molar-refractivity contribution in [3.8, 4) is 0 Å². The van der Waals surface area contributed by atoms with Gasteiger partial charge in [-0.2, -0.15) is 0 Å². The van der Waals surface area contributed by atoms with Gasteiger partial charge in [-0.15, -0.1) is 0 Å². The van der Waals surface area contributed by atoms with Crippen molar-refractivity contribution in [2.24, 2.45) is 0 Å². The quantitative estimate of drug-likeness (QED) is 0.607. The van der Waals surface area contributed by atoms with E-state index in [1.54, 1.807) is 0 Å². The second-order valence-corrected chi connectivity index (χ2v) is 10.4. The maximum atomic E-state index is 12.0. The molecule has 0 aromatic rings.